The molecule has 0 aromatic heterocycles. The molecule has 0 spiro atoms. The van der Waals surface area contributed by atoms with Crippen molar-refractivity contribution in [3.05, 3.63) is 0 Å². The largest absolute Gasteiger partial charge is 0.420 e. The van der Waals surface area contributed by atoms with E-state index >= 15 is 0 Å². The van der Waals surface area contributed by atoms with Crippen LogP contribution < -0.4 is 0 Å². The molecule has 0 aliphatic carbocycles. The molecule has 0 saturated heterocycles. The average Bonchev–Trinajstić information content (AvgIpc) is 1.27. The van der Waals surface area contributed by atoms with Crippen molar-refractivity contribution < 1.29 is 9.53 Å². The predicted octanol–water partition coefficient (Wildman–Crippen LogP) is 0.897. The first-order valence-electron chi connectivity index (χ1n) is 1.82. The molecule has 0 heterocycles. The molecule has 0 rings (SSSR count). The minimum atomic E-state index is -0.354. The Balaban J connectivity index is 3.32. The standard InChI is InChI=1S/C4H6O2S/c1-3(5)6-4(2)7/h1-2H3. The Morgan fingerprint density at radius 2 is 2.00 bits per heavy atom. The summed E-state index contributed by atoms with van der Waals surface area (Å²) in [6.45, 7) is 2.87. The van der Waals surface area contributed by atoms with Gasteiger partial charge in [-0.2, -0.15) is 0 Å². The zero-order chi connectivity index (χ0) is 5.86. The minimum Gasteiger partial charge on any atom is -0.420 e. The third kappa shape index (κ3) is 5.56. The summed E-state index contributed by atoms with van der Waals surface area (Å²) in [5.74, 6) is -0.354. The summed E-state index contributed by atoms with van der Waals surface area (Å²) in [4.78, 5) is 9.94. The van der Waals surface area contributed by atoms with Crippen molar-refractivity contribution in [1.82, 2.24) is 0 Å². The number of esters is 1. The lowest BCUT2D eigenvalue weighted by molar-refractivity contribution is -0.132. The SMILES string of the molecule is CC(=O)OC(C)=S. The summed E-state index contributed by atoms with van der Waals surface area (Å²) in [5, 5.41) is 0.271. The highest BCUT2D eigenvalue weighted by atomic mass is 32.1. The monoisotopic (exact) mass is 118 g/mol. The van der Waals surface area contributed by atoms with Crippen LogP contribution in [0.5, 0.6) is 0 Å². The zero-order valence-corrected chi connectivity index (χ0v) is 5.04. The molecule has 0 aromatic carbocycles. The van der Waals surface area contributed by atoms with Gasteiger partial charge >= 0.3 is 5.97 Å². The van der Waals surface area contributed by atoms with E-state index in [9.17, 15) is 4.79 Å². The number of carbonyl (C=O) groups is 1. The van der Waals surface area contributed by atoms with E-state index in [0.29, 0.717) is 0 Å². The lowest BCUT2D eigenvalue weighted by atomic mass is 10.8. The van der Waals surface area contributed by atoms with Crippen LogP contribution in [0.2, 0.25) is 0 Å². The highest BCUT2D eigenvalue weighted by molar-refractivity contribution is 7.80. The number of hydrogen-bond acceptors (Lipinski definition) is 3. The molecule has 0 bridgehead atoms. The first-order chi connectivity index (χ1) is 3.13. The maximum atomic E-state index is 9.94. The van der Waals surface area contributed by atoms with Crippen LogP contribution in [0.3, 0.4) is 0 Å². The molecule has 0 N–H and O–H groups in total. The smallest absolute Gasteiger partial charge is 0.308 e. The van der Waals surface area contributed by atoms with Crippen LogP contribution in [0.15, 0.2) is 0 Å². The van der Waals surface area contributed by atoms with Crippen molar-refractivity contribution in [2.45, 2.75) is 13.8 Å². The molecular formula is C4H6O2S. The van der Waals surface area contributed by atoms with Gasteiger partial charge in [0.25, 0.3) is 0 Å². The second-order valence-corrected chi connectivity index (χ2v) is 1.66. The first kappa shape index (κ1) is 6.56. The minimum absolute atomic E-state index is 0.271. The van der Waals surface area contributed by atoms with E-state index in [4.69, 9.17) is 0 Å². The molecule has 0 radical (unpaired) electrons. The Morgan fingerprint density at radius 3 is 2.00 bits per heavy atom. The molecule has 0 unspecified atom stereocenters. The van der Waals surface area contributed by atoms with Gasteiger partial charge < -0.3 is 4.74 Å². The van der Waals surface area contributed by atoms with Gasteiger partial charge in [0, 0.05) is 13.8 Å². The molecule has 0 aliphatic heterocycles. The van der Waals surface area contributed by atoms with Gasteiger partial charge in [-0.25, -0.2) is 0 Å². The summed E-state index contributed by atoms with van der Waals surface area (Å²) in [6, 6.07) is 0. The predicted molar refractivity (Wildman–Crippen MR) is 30.0 cm³/mol. The van der Waals surface area contributed by atoms with Gasteiger partial charge in [0.2, 0.25) is 0 Å². The second kappa shape index (κ2) is 2.69. The molecule has 7 heavy (non-hydrogen) atoms. The van der Waals surface area contributed by atoms with E-state index in [1.165, 1.54) is 6.92 Å². The lowest BCUT2D eigenvalue weighted by Gasteiger charge is -1.91. The fourth-order valence-corrected chi connectivity index (χ4v) is 0.320. The van der Waals surface area contributed by atoms with Gasteiger partial charge in [-0.05, 0) is 12.2 Å². The third-order valence-corrected chi connectivity index (χ3v) is 0.371. The van der Waals surface area contributed by atoms with Crippen molar-refractivity contribution in [2.24, 2.45) is 0 Å². The second-order valence-electron chi connectivity index (χ2n) is 1.09. The van der Waals surface area contributed by atoms with Crippen LogP contribution in [-0.2, 0) is 9.53 Å². The number of hydrogen-bond donors (Lipinski definition) is 0. The molecule has 40 valence electrons. The Hall–Kier alpha value is -0.440. The van der Waals surface area contributed by atoms with Crippen molar-refractivity contribution in [3.63, 3.8) is 0 Å². The van der Waals surface area contributed by atoms with E-state index in [1.54, 1.807) is 6.92 Å². The molecule has 3 heteroatoms. The molecule has 2 nitrogen and oxygen atoms in total. The quantitative estimate of drug-likeness (QED) is 0.349. The topological polar surface area (TPSA) is 26.3 Å². The highest BCUT2D eigenvalue weighted by Gasteiger charge is 1.89. The van der Waals surface area contributed by atoms with Crippen LogP contribution >= 0.6 is 12.2 Å². The Morgan fingerprint density at radius 1 is 1.57 bits per heavy atom. The fraction of sp³-hybridized carbons (Fsp3) is 0.500. The van der Waals surface area contributed by atoms with Gasteiger partial charge in [0.05, 0.1) is 0 Å². The highest BCUT2D eigenvalue weighted by Crippen LogP contribution is 1.78. The third-order valence-electron chi connectivity index (χ3n) is 0.287. The van der Waals surface area contributed by atoms with Crippen LogP contribution in [0.4, 0.5) is 0 Å². The molecule has 0 aromatic rings. The number of ether oxygens (including phenoxy) is 1. The maximum absolute atomic E-state index is 9.94. The summed E-state index contributed by atoms with van der Waals surface area (Å²) >= 11 is 4.43. The number of thiocarbonyl (C=S) groups is 1. The van der Waals surface area contributed by atoms with Crippen molar-refractivity contribution in [2.75, 3.05) is 0 Å². The zero-order valence-electron chi connectivity index (χ0n) is 4.22. The van der Waals surface area contributed by atoms with Gasteiger partial charge in [0.15, 0.2) is 5.05 Å². The Bertz CT molecular complexity index is 85.9. The summed E-state index contributed by atoms with van der Waals surface area (Å²) in [5.41, 5.74) is 0. The molecular weight excluding hydrogens is 112 g/mol. The van der Waals surface area contributed by atoms with Gasteiger partial charge in [0.1, 0.15) is 0 Å². The summed E-state index contributed by atoms with van der Waals surface area (Å²) < 4.78 is 4.34. The Kier molecular flexibility index (Phi) is 2.52. The molecule has 0 saturated carbocycles. The summed E-state index contributed by atoms with van der Waals surface area (Å²) in [6.07, 6.45) is 0. The number of carbonyl (C=O) groups excluding carboxylic acids is 1. The average molecular weight is 118 g/mol. The van der Waals surface area contributed by atoms with Crippen LogP contribution in [0.25, 0.3) is 0 Å². The van der Waals surface area contributed by atoms with Crippen LogP contribution in [0.1, 0.15) is 13.8 Å². The van der Waals surface area contributed by atoms with E-state index in [2.05, 4.69) is 17.0 Å². The van der Waals surface area contributed by atoms with E-state index in [1.807, 2.05) is 0 Å². The molecule has 0 fully saturated rings. The van der Waals surface area contributed by atoms with Crippen molar-refractivity contribution in [1.29, 1.82) is 0 Å². The van der Waals surface area contributed by atoms with Crippen LogP contribution in [0, 0.1) is 0 Å². The van der Waals surface area contributed by atoms with E-state index in [0.717, 1.165) is 0 Å². The van der Waals surface area contributed by atoms with Crippen LogP contribution in [-0.4, -0.2) is 11.0 Å². The fourth-order valence-electron chi connectivity index (χ4n) is 0.202. The molecule has 0 aliphatic rings. The van der Waals surface area contributed by atoms with Crippen molar-refractivity contribution in [3.8, 4) is 0 Å². The lowest BCUT2D eigenvalue weighted by Crippen LogP contribution is -2.01. The van der Waals surface area contributed by atoms with Gasteiger partial charge in [-0.15, -0.1) is 0 Å². The number of rotatable bonds is 0. The first-order valence-corrected chi connectivity index (χ1v) is 2.22. The van der Waals surface area contributed by atoms with Crippen molar-refractivity contribution >= 4 is 23.2 Å². The normalized spacial score (nSPS) is 7.71. The van der Waals surface area contributed by atoms with Gasteiger partial charge in [-0.1, -0.05) is 0 Å². The maximum Gasteiger partial charge on any atom is 0.308 e. The molecule has 0 amide bonds. The molecule has 0 atom stereocenters. The Labute approximate surface area is 47.5 Å². The summed E-state index contributed by atoms with van der Waals surface area (Å²) in [7, 11) is 0. The van der Waals surface area contributed by atoms with Gasteiger partial charge in [-0.3, -0.25) is 4.79 Å². The van der Waals surface area contributed by atoms with E-state index < -0.39 is 0 Å². The van der Waals surface area contributed by atoms with E-state index in [-0.39, 0.29) is 11.0 Å².